The summed E-state index contributed by atoms with van der Waals surface area (Å²) in [6.07, 6.45) is 99.9. The number of hydrogen-bond acceptors (Lipinski definition) is 6. The Morgan fingerprint density at radius 2 is 0.470 bits per heavy atom. The van der Waals surface area contributed by atoms with Gasteiger partial charge in [-0.05, 0) is 141 Å². The molecule has 0 aromatic heterocycles. The first-order valence-electron chi connectivity index (χ1n) is 34.3. The summed E-state index contributed by atoms with van der Waals surface area (Å²) in [7, 11) is 0. The van der Waals surface area contributed by atoms with Crippen LogP contribution >= 0.6 is 0 Å². The summed E-state index contributed by atoms with van der Waals surface area (Å²) in [4.78, 5) is 38.5. The second-order valence-corrected chi connectivity index (χ2v) is 22.3. The molecule has 6 nitrogen and oxygen atoms in total. The Hall–Kier alpha value is -4.71. The van der Waals surface area contributed by atoms with Crippen LogP contribution in [-0.2, 0) is 28.6 Å². The molecule has 0 fully saturated rings. The van der Waals surface area contributed by atoms with Crippen molar-refractivity contribution in [3.63, 3.8) is 0 Å². The van der Waals surface area contributed by atoms with E-state index in [0.717, 1.165) is 148 Å². The minimum Gasteiger partial charge on any atom is -0.462 e. The fraction of sp³-hybridized carbons (Fsp3) is 0.649. The molecule has 0 aliphatic heterocycles. The second-order valence-electron chi connectivity index (χ2n) is 22.3. The third-order valence-electron chi connectivity index (χ3n) is 14.3. The molecule has 0 rings (SSSR count). The van der Waals surface area contributed by atoms with Gasteiger partial charge in [0, 0.05) is 19.3 Å². The first-order chi connectivity index (χ1) is 41.0. The van der Waals surface area contributed by atoms with Gasteiger partial charge in [-0.25, -0.2) is 0 Å². The molecule has 470 valence electrons. The summed E-state index contributed by atoms with van der Waals surface area (Å²) < 4.78 is 17.0. The predicted molar refractivity (Wildman–Crippen MR) is 362 cm³/mol. The zero-order valence-corrected chi connectivity index (χ0v) is 53.9. The van der Waals surface area contributed by atoms with Crippen LogP contribution in [0.2, 0.25) is 0 Å². The first-order valence-corrected chi connectivity index (χ1v) is 34.3. The summed E-state index contributed by atoms with van der Waals surface area (Å²) in [5, 5.41) is 0. The Labute approximate surface area is 512 Å². The van der Waals surface area contributed by atoms with Crippen LogP contribution in [0, 0.1) is 0 Å². The van der Waals surface area contributed by atoms with Crippen LogP contribution < -0.4 is 0 Å². The van der Waals surface area contributed by atoms with Crippen LogP contribution in [0.1, 0.15) is 303 Å². The number of unbranched alkanes of at least 4 members (excludes halogenated alkanes) is 26. The number of carbonyl (C=O) groups excluding carboxylic acids is 3. The minimum absolute atomic E-state index is 0.0920. The van der Waals surface area contributed by atoms with Gasteiger partial charge < -0.3 is 14.2 Å². The Kier molecular flexibility index (Phi) is 65.8. The van der Waals surface area contributed by atoms with Crippen molar-refractivity contribution in [3.05, 3.63) is 146 Å². The molecule has 0 saturated heterocycles. The molecule has 83 heavy (non-hydrogen) atoms. The lowest BCUT2D eigenvalue weighted by Crippen LogP contribution is -2.30. The molecule has 0 aromatic rings. The molecule has 0 bridgehead atoms. The number of rotatable bonds is 61. The molecule has 0 heterocycles. The molecule has 0 spiro atoms. The lowest BCUT2D eigenvalue weighted by atomic mass is 10.1. The average molecular weight is 1150 g/mol. The Morgan fingerprint density at radius 1 is 0.253 bits per heavy atom. The second kappa shape index (κ2) is 69.8. The van der Waals surface area contributed by atoms with E-state index in [2.05, 4.69) is 167 Å². The normalized spacial score (nSPS) is 13.0. The van der Waals surface area contributed by atoms with E-state index in [-0.39, 0.29) is 31.1 Å². The quantitative estimate of drug-likeness (QED) is 0.0261. The molecule has 0 aliphatic rings. The number of esters is 3. The van der Waals surface area contributed by atoms with E-state index >= 15 is 0 Å². The van der Waals surface area contributed by atoms with Crippen molar-refractivity contribution in [2.45, 2.75) is 309 Å². The van der Waals surface area contributed by atoms with E-state index in [0.29, 0.717) is 19.3 Å². The number of ether oxygens (including phenoxy) is 3. The van der Waals surface area contributed by atoms with Gasteiger partial charge in [0.1, 0.15) is 13.2 Å². The van der Waals surface area contributed by atoms with Crippen molar-refractivity contribution in [1.82, 2.24) is 0 Å². The fourth-order valence-electron chi connectivity index (χ4n) is 9.23. The molecule has 1 unspecified atom stereocenters. The maximum absolute atomic E-state index is 13.0. The molecule has 0 saturated carbocycles. The van der Waals surface area contributed by atoms with Gasteiger partial charge in [-0.1, -0.05) is 289 Å². The van der Waals surface area contributed by atoms with Crippen LogP contribution in [0.4, 0.5) is 0 Å². The van der Waals surface area contributed by atoms with E-state index < -0.39 is 6.10 Å². The highest BCUT2D eigenvalue weighted by Crippen LogP contribution is 2.16. The smallest absolute Gasteiger partial charge is 0.306 e. The van der Waals surface area contributed by atoms with Crippen molar-refractivity contribution in [2.75, 3.05) is 13.2 Å². The van der Waals surface area contributed by atoms with Crippen molar-refractivity contribution in [3.8, 4) is 0 Å². The molecular formula is C77H126O6. The highest BCUT2D eigenvalue weighted by atomic mass is 16.6. The predicted octanol–water partition coefficient (Wildman–Crippen LogP) is 23.9. The van der Waals surface area contributed by atoms with E-state index in [9.17, 15) is 14.4 Å². The third-order valence-corrected chi connectivity index (χ3v) is 14.3. The molecule has 6 heteroatoms. The van der Waals surface area contributed by atoms with Gasteiger partial charge in [0.05, 0.1) is 0 Å². The van der Waals surface area contributed by atoms with Crippen LogP contribution in [0.5, 0.6) is 0 Å². The highest BCUT2D eigenvalue weighted by Gasteiger charge is 2.19. The standard InChI is InChI=1S/C77H126O6/c1-4-7-10-13-16-19-22-25-28-31-33-35-36-37-38-39-40-42-43-46-49-52-55-58-61-64-67-70-76(79)82-73-74(72-81-75(78)69-66-63-60-57-54-51-48-45-30-27-24-21-18-15-12-9-6-3)83-77(80)71-68-65-62-59-56-53-50-47-44-41-34-32-29-26-23-20-17-14-11-8-5-2/h7-8,10-11,16-21,25-30,33-35,37-38,40-42,74H,4-6,9,12-15,22-24,31-32,36,39,43-73H2,1-3H3/b10-7-,11-8-,19-16-,20-17-,21-18-,28-25-,29-26-,30-27-,35-33-,38-37-,41-34-,42-40-. The average Bonchev–Trinajstić information content (AvgIpc) is 3.49. The van der Waals surface area contributed by atoms with Gasteiger partial charge in [-0.2, -0.15) is 0 Å². The largest absolute Gasteiger partial charge is 0.462 e. The van der Waals surface area contributed by atoms with Gasteiger partial charge in [0.15, 0.2) is 6.10 Å². The molecule has 1 atom stereocenters. The van der Waals surface area contributed by atoms with Crippen molar-refractivity contribution >= 4 is 17.9 Å². The third kappa shape index (κ3) is 68.0. The van der Waals surface area contributed by atoms with Crippen molar-refractivity contribution in [1.29, 1.82) is 0 Å². The Bertz CT molecular complexity index is 1800. The van der Waals surface area contributed by atoms with Gasteiger partial charge in [0.2, 0.25) is 0 Å². The maximum Gasteiger partial charge on any atom is 0.306 e. The lowest BCUT2D eigenvalue weighted by molar-refractivity contribution is -0.167. The molecule has 0 N–H and O–H groups in total. The fourth-order valence-corrected chi connectivity index (χ4v) is 9.23. The summed E-state index contributed by atoms with van der Waals surface area (Å²) in [6, 6.07) is 0. The van der Waals surface area contributed by atoms with E-state index in [4.69, 9.17) is 14.2 Å². The zero-order valence-electron chi connectivity index (χ0n) is 53.9. The molecule has 0 aromatic carbocycles. The minimum atomic E-state index is -0.798. The SMILES string of the molecule is CC/C=C\C/C=C\C/C=C\C/C=C\C/C=C\C/C=C\CCCCCCCCCCC(=O)OCC(COC(=O)CCCCCCCCC/C=C\C/C=C\CCCCC)OC(=O)CCCCCCCCCC/C=C\C/C=C\C/C=C\C/C=C\CC. The Morgan fingerprint density at radius 3 is 0.735 bits per heavy atom. The van der Waals surface area contributed by atoms with Gasteiger partial charge in [-0.3, -0.25) is 14.4 Å². The van der Waals surface area contributed by atoms with Gasteiger partial charge >= 0.3 is 17.9 Å². The van der Waals surface area contributed by atoms with Gasteiger partial charge in [-0.15, -0.1) is 0 Å². The number of hydrogen-bond donors (Lipinski definition) is 0. The number of carbonyl (C=O) groups is 3. The summed E-state index contributed by atoms with van der Waals surface area (Å²) in [6.45, 7) is 6.39. The highest BCUT2D eigenvalue weighted by molar-refractivity contribution is 5.71. The summed E-state index contributed by atoms with van der Waals surface area (Å²) >= 11 is 0. The van der Waals surface area contributed by atoms with E-state index in [1.807, 2.05) is 0 Å². The van der Waals surface area contributed by atoms with Crippen molar-refractivity contribution in [2.24, 2.45) is 0 Å². The van der Waals surface area contributed by atoms with E-state index in [1.54, 1.807) is 0 Å². The van der Waals surface area contributed by atoms with Crippen molar-refractivity contribution < 1.29 is 28.6 Å². The monoisotopic (exact) mass is 1150 g/mol. The molecule has 0 amide bonds. The topological polar surface area (TPSA) is 78.9 Å². The molecule has 0 radical (unpaired) electrons. The van der Waals surface area contributed by atoms with Crippen LogP contribution in [-0.4, -0.2) is 37.2 Å². The summed E-state index contributed by atoms with van der Waals surface area (Å²) in [5.74, 6) is -0.911. The van der Waals surface area contributed by atoms with Crippen LogP contribution in [0.15, 0.2) is 146 Å². The zero-order chi connectivity index (χ0) is 59.9. The van der Waals surface area contributed by atoms with Gasteiger partial charge in [0.25, 0.3) is 0 Å². The summed E-state index contributed by atoms with van der Waals surface area (Å²) in [5.41, 5.74) is 0. The molecule has 0 aliphatic carbocycles. The van der Waals surface area contributed by atoms with E-state index in [1.165, 1.54) is 116 Å². The number of allylic oxidation sites excluding steroid dienone is 24. The maximum atomic E-state index is 13.0. The first kappa shape index (κ1) is 78.3. The van der Waals surface area contributed by atoms with Crippen LogP contribution in [0.3, 0.4) is 0 Å². The Balaban J connectivity index is 4.42. The van der Waals surface area contributed by atoms with Crippen LogP contribution in [0.25, 0.3) is 0 Å². The molecular weight excluding hydrogens is 1020 g/mol. The lowest BCUT2D eigenvalue weighted by Gasteiger charge is -2.18.